The van der Waals surface area contributed by atoms with Crippen LogP contribution in [0, 0.1) is 6.92 Å². The van der Waals surface area contributed by atoms with E-state index < -0.39 is 0 Å². The van der Waals surface area contributed by atoms with Gasteiger partial charge >= 0.3 is 0 Å². The van der Waals surface area contributed by atoms with Crippen LogP contribution in [0.5, 0.6) is 0 Å². The molecule has 0 aliphatic heterocycles. The zero-order valence-corrected chi connectivity index (χ0v) is 13.0. The first-order valence-electron chi connectivity index (χ1n) is 7.29. The van der Waals surface area contributed by atoms with Gasteiger partial charge in [-0.1, -0.05) is 31.2 Å². The predicted octanol–water partition coefficient (Wildman–Crippen LogP) is 1.84. The smallest absolute Gasteiger partial charge is 0.234 e. The molecule has 0 bridgehead atoms. The number of nitrogens with one attached hydrogen (secondary N) is 1. The highest BCUT2D eigenvalue weighted by Crippen LogP contribution is 2.26. The molecule has 1 aromatic carbocycles. The van der Waals surface area contributed by atoms with Gasteiger partial charge in [0.1, 0.15) is 0 Å². The normalized spacial score (nSPS) is 14.1. The van der Waals surface area contributed by atoms with Crippen molar-refractivity contribution >= 4 is 5.91 Å². The number of amides is 1. The first kappa shape index (κ1) is 16.7. The zero-order chi connectivity index (χ0) is 15.1. The van der Waals surface area contributed by atoms with Crippen molar-refractivity contribution in [3.63, 3.8) is 0 Å². The molecule has 0 saturated heterocycles. The van der Waals surface area contributed by atoms with Crippen LogP contribution < -0.4 is 11.1 Å². The lowest BCUT2D eigenvalue weighted by Crippen LogP contribution is -2.43. The second-order valence-corrected chi connectivity index (χ2v) is 5.24. The average molecular weight is 277 g/mol. The van der Waals surface area contributed by atoms with Crippen LogP contribution in [-0.4, -0.2) is 37.0 Å². The van der Waals surface area contributed by atoms with Gasteiger partial charge in [0.2, 0.25) is 5.91 Å². The maximum atomic E-state index is 11.8. The molecule has 0 saturated carbocycles. The molecule has 20 heavy (non-hydrogen) atoms. The first-order chi connectivity index (χ1) is 9.51. The molecule has 0 aliphatic carbocycles. The summed E-state index contributed by atoms with van der Waals surface area (Å²) in [6.45, 7) is 7.11. The third-order valence-electron chi connectivity index (χ3n) is 3.63. The average Bonchev–Trinajstić information content (AvgIpc) is 2.41. The summed E-state index contributed by atoms with van der Waals surface area (Å²) in [5, 5.41) is 2.83. The number of hydrogen-bond acceptors (Lipinski definition) is 3. The molecule has 1 aromatic rings. The molecule has 112 valence electrons. The lowest BCUT2D eigenvalue weighted by atomic mass is 9.93. The van der Waals surface area contributed by atoms with Crippen molar-refractivity contribution in [2.24, 2.45) is 5.73 Å². The fourth-order valence-corrected chi connectivity index (χ4v) is 2.51. The van der Waals surface area contributed by atoms with Crippen LogP contribution in [0.3, 0.4) is 0 Å². The van der Waals surface area contributed by atoms with E-state index in [0.29, 0.717) is 13.1 Å². The van der Waals surface area contributed by atoms with Gasteiger partial charge in [-0.05, 0) is 38.4 Å². The van der Waals surface area contributed by atoms with Crippen LogP contribution in [0.4, 0.5) is 0 Å². The van der Waals surface area contributed by atoms with Crippen LogP contribution in [0.1, 0.15) is 37.4 Å². The second kappa shape index (κ2) is 8.02. The van der Waals surface area contributed by atoms with Gasteiger partial charge in [0.25, 0.3) is 0 Å². The topological polar surface area (TPSA) is 58.4 Å². The van der Waals surface area contributed by atoms with Gasteiger partial charge < -0.3 is 11.1 Å². The van der Waals surface area contributed by atoms with Crippen molar-refractivity contribution in [2.75, 3.05) is 20.1 Å². The van der Waals surface area contributed by atoms with Gasteiger partial charge in [-0.3, -0.25) is 9.69 Å². The first-order valence-corrected chi connectivity index (χ1v) is 7.29. The van der Waals surface area contributed by atoms with Crippen LogP contribution in [-0.2, 0) is 4.79 Å². The number of benzene rings is 1. The highest BCUT2D eigenvalue weighted by molar-refractivity contribution is 5.78. The molecular formula is C16H27N3O. The van der Waals surface area contributed by atoms with Crippen molar-refractivity contribution in [1.29, 1.82) is 0 Å². The Hall–Kier alpha value is -1.39. The summed E-state index contributed by atoms with van der Waals surface area (Å²) in [5.41, 5.74) is 8.71. The van der Waals surface area contributed by atoms with E-state index in [-0.39, 0.29) is 18.0 Å². The minimum Gasteiger partial charge on any atom is -0.355 e. The summed E-state index contributed by atoms with van der Waals surface area (Å²) in [6.07, 6.45) is 0.874. The Morgan fingerprint density at radius 1 is 1.35 bits per heavy atom. The SMILES string of the molecule is CCNC(=O)CN(C)C(c1ccccc1C)C(N)CC. The predicted molar refractivity (Wildman–Crippen MR) is 83.5 cm³/mol. The van der Waals surface area contributed by atoms with E-state index in [0.717, 1.165) is 6.42 Å². The summed E-state index contributed by atoms with van der Waals surface area (Å²) >= 11 is 0. The summed E-state index contributed by atoms with van der Waals surface area (Å²) in [7, 11) is 1.96. The van der Waals surface area contributed by atoms with Crippen molar-refractivity contribution < 1.29 is 4.79 Å². The van der Waals surface area contributed by atoms with E-state index in [4.69, 9.17) is 5.73 Å². The quantitative estimate of drug-likeness (QED) is 0.799. The highest BCUT2D eigenvalue weighted by atomic mass is 16.2. The molecule has 0 fully saturated rings. The number of aryl methyl sites for hydroxylation is 1. The van der Waals surface area contributed by atoms with E-state index in [2.05, 4.69) is 31.3 Å². The zero-order valence-electron chi connectivity index (χ0n) is 13.0. The van der Waals surface area contributed by atoms with Crippen molar-refractivity contribution in [3.8, 4) is 0 Å². The Balaban J connectivity index is 2.95. The molecule has 2 unspecified atom stereocenters. The molecule has 0 aliphatic rings. The standard InChI is InChI=1S/C16H27N3O/c1-5-14(17)16(13-10-8-7-9-12(13)3)19(4)11-15(20)18-6-2/h7-10,14,16H,5-6,11,17H2,1-4H3,(H,18,20). The van der Waals surface area contributed by atoms with Crippen molar-refractivity contribution in [1.82, 2.24) is 10.2 Å². The molecular weight excluding hydrogens is 250 g/mol. The Kier molecular flexibility index (Phi) is 6.68. The molecule has 3 N–H and O–H groups in total. The fraction of sp³-hybridized carbons (Fsp3) is 0.562. The van der Waals surface area contributed by atoms with Gasteiger partial charge in [-0.2, -0.15) is 0 Å². The monoisotopic (exact) mass is 277 g/mol. The molecule has 0 heterocycles. The Morgan fingerprint density at radius 3 is 2.55 bits per heavy atom. The van der Waals surface area contributed by atoms with E-state index >= 15 is 0 Å². The van der Waals surface area contributed by atoms with Crippen LogP contribution in [0.2, 0.25) is 0 Å². The minimum absolute atomic E-state index is 0.00975. The highest BCUT2D eigenvalue weighted by Gasteiger charge is 2.25. The summed E-state index contributed by atoms with van der Waals surface area (Å²) < 4.78 is 0. The third kappa shape index (κ3) is 4.32. The van der Waals surface area contributed by atoms with Crippen LogP contribution in [0.15, 0.2) is 24.3 Å². The molecule has 2 atom stereocenters. The number of rotatable bonds is 7. The van der Waals surface area contributed by atoms with Crippen LogP contribution in [0.25, 0.3) is 0 Å². The lowest BCUT2D eigenvalue weighted by molar-refractivity contribution is -0.122. The van der Waals surface area contributed by atoms with Crippen LogP contribution >= 0.6 is 0 Å². The van der Waals surface area contributed by atoms with Gasteiger partial charge in [0, 0.05) is 12.6 Å². The largest absolute Gasteiger partial charge is 0.355 e. The second-order valence-electron chi connectivity index (χ2n) is 5.24. The molecule has 0 radical (unpaired) electrons. The summed E-state index contributed by atoms with van der Waals surface area (Å²) in [4.78, 5) is 13.8. The summed E-state index contributed by atoms with van der Waals surface area (Å²) in [5.74, 6) is 0.0388. The van der Waals surface area contributed by atoms with Gasteiger partial charge in [0.15, 0.2) is 0 Å². The number of likely N-dealkylation sites (N-methyl/N-ethyl adjacent to an activating group) is 2. The van der Waals surface area contributed by atoms with Gasteiger partial charge in [-0.15, -0.1) is 0 Å². The molecule has 4 nitrogen and oxygen atoms in total. The van der Waals surface area contributed by atoms with E-state index in [1.54, 1.807) is 0 Å². The van der Waals surface area contributed by atoms with Gasteiger partial charge in [-0.25, -0.2) is 0 Å². The maximum absolute atomic E-state index is 11.8. The van der Waals surface area contributed by atoms with E-state index in [9.17, 15) is 4.79 Å². The Labute approximate surface area is 122 Å². The lowest BCUT2D eigenvalue weighted by Gasteiger charge is -2.33. The number of carbonyl (C=O) groups is 1. The summed E-state index contributed by atoms with van der Waals surface area (Å²) in [6, 6.07) is 8.31. The van der Waals surface area contributed by atoms with Crippen molar-refractivity contribution in [2.45, 2.75) is 39.3 Å². The number of carbonyl (C=O) groups excluding carboxylic acids is 1. The number of nitrogens with zero attached hydrogens (tertiary/aromatic N) is 1. The molecule has 0 spiro atoms. The molecule has 1 amide bonds. The Bertz CT molecular complexity index is 433. The molecule has 4 heteroatoms. The molecule has 1 rings (SSSR count). The fourth-order valence-electron chi connectivity index (χ4n) is 2.51. The van der Waals surface area contributed by atoms with E-state index in [1.165, 1.54) is 11.1 Å². The third-order valence-corrected chi connectivity index (χ3v) is 3.63. The van der Waals surface area contributed by atoms with Gasteiger partial charge in [0.05, 0.1) is 12.6 Å². The molecule has 0 aromatic heterocycles. The number of hydrogen-bond donors (Lipinski definition) is 2. The van der Waals surface area contributed by atoms with Crippen molar-refractivity contribution in [3.05, 3.63) is 35.4 Å². The van der Waals surface area contributed by atoms with E-state index in [1.807, 2.05) is 31.0 Å². The maximum Gasteiger partial charge on any atom is 0.234 e. The minimum atomic E-state index is 0.00975. The Morgan fingerprint density at radius 2 is 2.00 bits per heavy atom. The number of nitrogens with two attached hydrogens (primary N) is 1.